The minimum Gasteiger partial charge on any atom is -0.350 e. The molecule has 2 aromatic rings. The maximum Gasteiger partial charge on any atom is 0.257 e. The molecule has 1 unspecified atom stereocenters. The van der Waals surface area contributed by atoms with Crippen LogP contribution >= 0.6 is 11.3 Å². The highest BCUT2D eigenvalue weighted by atomic mass is 32.1. The molecule has 6 nitrogen and oxygen atoms in total. The van der Waals surface area contributed by atoms with E-state index in [0.717, 1.165) is 50.6 Å². The molecule has 1 aliphatic carbocycles. The van der Waals surface area contributed by atoms with Gasteiger partial charge in [-0.2, -0.15) is 0 Å². The Morgan fingerprint density at radius 1 is 1.22 bits per heavy atom. The van der Waals surface area contributed by atoms with Gasteiger partial charge in [-0.15, -0.1) is 11.3 Å². The third-order valence-electron chi connectivity index (χ3n) is 5.22. The number of fused-ring (bicyclic) bond motifs is 1. The Morgan fingerprint density at radius 3 is 2.89 bits per heavy atom. The van der Waals surface area contributed by atoms with E-state index in [4.69, 9.17) is 0 Å². The molecule has 0 spiro atoms. The van der Waals surface area contributed by atoms with Crippen LogP contribution in [0.2, 0.25) is 0 Å². The molecule has 27 heavy (non-hydrogen) atoms. The van der Waals surface area contributed by atoms with Crippen molar-refractivity contribution in [3.63, 3.8) is 0 Å². The number of thiophene rings is 1. The molecule has 4 rings (SSSR count). The number of carbonyl (C=O) groups excluding carboxylic acids is 2. The van der Waals surface area contributed by atoms with Crippen LogP contribution in [0.25, 0.3) is 0 Å². The topological polar surface area (TPSA) is 83.1 Å². The predicted molar refractivity (Wildman–Crippen MR) is 107 cm³/mol. The number of carbonyl (C=O) groups is 2. The Labute approximate surface area is 162 Å². The molecule has 0 radical (unpaired) electrons. The second-order valence-corrected chi connectivity index (χ2v) is 8.22. The predicted octanol–water partition coefficient (Wildman–Crippen LogP) is 2.76. The average molecular weight is 385 g/mol. The standard InChI is InChI=1S/C20H24N4O2S/c25-18(13-5-3-9-21-11-13)24-20-17(15-7-1-2-8-16(15)27-20)19(26)23-12-14-6-4-10-22-14/h3,5,9,11,14,22H,1-2,4,6-8,10,12H2,(H,23,26)(H,24,25). The normalized spacial score (nSPS) is 18.7. The lowest BCUT2D eigenvalue weighted by Gasteiger charge is -2.15. The van der Waals surface area contributed by atoms with Crippen LogP contribution in [-0.4, -0.2) is 35.9 Å². The van der Waals surface area contributed by atoms with Crippen LogP contribution in [0.4, 0.5) is 5.00 Å². The van der Waals surface area contributed by atoms with Crippen molar-refractivity contribution in [1.29, 1.82) is 0 Å². The van der Waals surface area contributed by atoms with E-state index < -0.39 is 0 Å². The van der Waals surface area contributed by atoms with Crippen molar-refractivity contribution in [1.82, 2.24) is 15.6 Å². The smallest absolute Gasteiger partial charge is 0.257 e. The van der Waals surface area contributed by atoms with Gasteiger partial charge < -0.3 is 16.0 Å². The van der Waals surface area contributed by atoms with Crippen LogP contribution in [0.5, 0.6) is 0 Å². The first-order valence-corrected chi connectivity index (χ1v) is 10.4. The zero-order chi connectivity index (χ0) is 18.6. The fourth-order valence-corrected chi connectivity index (χ4v) is 5.08. The molecule has 7 heteroatoms. The van der Waals surface area contributed by atoms with Crippen LogP contribution in [-0.2, 0) is 12.8 Å². The van der Waals surface area contributed by atoms with Crippen LogP contribution in [0.1, 0.15) is 56.8 Å². The van der Waals surface area contributed by atoms with Crippen molar-refractivity contribution >= 4 is 28.2 Å². The van der Waals surface area contributed by atoms with Gasteiger partial charge in [0.15, 0.2) is 0 Å². The summed E-state index contributed by atoms with van der Waals surface area (Å²) in [7, 11) is 0. The summed E-state index contributed by atoms with van der Waals surface area (Å²) in [6.45, 7) is 1.64. The molecule has 1 atom stereocenters. The monoisotopic (exact) mass is 384 g/mol. The minimum absolute atomic E-state index is 0.0791. The van der Waals surface area contributed by atoms with Crippen LogP contribution < -0.4 is 16.0 Å². The van der Waals surface area contributed by atoms with E-state index in [9.17, 15) is 9.59 Å². The maximum atomic E-state index is 13.0. The van der Waals surface area contributed by atoms with Gasteiger partial charge in [-0.05, 0) is 62.8 Å². The second-order valence-electron chi connectivity index (χ2n) is 7.11. The number of hydrogen-bond acceptors (Lipinski definition) is 5. The lowest BCUT2D eigenvalue weighted by molar-refractivity contribution is 0.0950. The van der Waals surface area contributed by atoms with E-state index in [1.54, 1.807) is 29.7 Å². The van der Waals surface area contributed by atoms with Crippen molar-refractivity contribution in [3.8, 4) is 0 Å². The van der Waals surface area contributed by atoms with Crippen LogP contribution in [0.15, 0.2) is 24.5 Å². The quantitative estimate of drug-likeness (QED) is 0.740. The molecule has 0 bridgehead atoms. The molecule has 2 aliphatic rings. The van der Waals surface area contributed by atoms with Gasteiger partial charge in [-0.25, -0.2) is 0 Å². The van der Waals surface area contributed by atoms with Crippen molar-refractivity contribution in [2.75, 3.05) is 18.4 Å². The summed E-state index contributed by atoms with van der Waals surface area (Å²) in [6, 6.07) is 3.80. The van der Waals surface area contributed by atoms with Crippen LogP contribution in [0.3, 0.4) is 0 Å². The van der Waals surface area contributed by atoms with E-state index in [1.165, 1.54) is 11.1 Å². The zero-order valence-electron chi connectivity index (χ0n) is 15.2. The van der Waals surface area contributed by atoms with Gasteiger partial charge >= 0.3 is 0 Å². The largest absolute Gasteiger partial charge is 0.350 e. The number of nitrogens with one attached hydrogen (secondary N) is 3. The van der Waals surface area contributed by atoms with Crippen molar-refractivity contribution in [2.24, 2.45) is 0 Å². The van der Waals surface area contributed by atoms with Crippen molar-refractivity contribution < 1.29 is 9.59 Å². The third-order valence-corrected chi connectivity index (χ3v) is 6.43. The summed E-state index contributed by atoms with van der Waals surface area (Å²) in [6.07, 6.45) is 9.52. The molecule has 142 valence electrons. The molecule has 0 saturated carbocycles. The summed E-state index contributed by atoms with van der Waals surface area (Å²) in [5.41, 5.74) is 2.26. The molecule has 1 saturated heterocycles. The molecule has 3 N–H and O–H groups in total. The zero-order valence-corrected chi connectivity index (χ0v) is 16.0. The molecular formula is C20H24N4O2S. The first-order chi connectivity index (χ1) is 13.2. The lowest BCUT2D eigenvalue weighted by Crippen LogP contribution is -2.37. The molecular weight excluding hydrogens is 360 g/mol. The summed E-state index contributed by atoms with van der Waals surface area (Å²) in [5.74, 6) is -0.308. The first kappa shape index (κ1) is 18.1. The van der Waals surface area contributed by atoms with Gasteiger partial charge in [-0.3, -0.25) is 14.6 Å². The highest BCUT2D eigenvalue weighted by molar-refractivity contribution is 7.17. The average Bonchev–Trinajstić information content (AvgIpc) is 3.34. The summed E-state index contributed by atoms with van der Waals surface area (Å²) in [4.78, 5) is 30.8. The lowest BCUT2D eigenvalue weighted by atomic mass is 9.95. The molecule has 1 fully saturated rings. The number of rotatable bonds is 5. The van der Waals surface area contributed by atoms with Gasteiger partial charge in [0, 0.05) is 29.9 Å². The van der Waals surface area contributed by atoms with E-state index in [1.807, 2.05) is 0 Å². The number of aromatic nitrogens is 1. The number of anilines is 1. The van der Waals surface area contributed by atoms with E-state index >= 15 is 0 Å². The highest BCUT2D eigenvalue weighted by Crippen LogP contribution is 2.38. The molecule has 1 aliphatic heterocycles. The SMILES string of the molecule is O=C(Nc1sc2c(c1C(=O)NCC1CCCN1)CCCC2)c1cccnc1. The number of nitrogens with zero attached hydrogens (tertiary/aromatic N) is 1. The van der Waals surface area contributed by atoms with E-state index in [2.05, 4.69) is 20.9 Å². The third kappa shape index (κ3) is 4.04. The fourth-order valence-electron chi connectivity index (χ4n) is 3.80. The number of aryl methyl sites for hydroxylation is 1. The second kappa shape index (κ2) is 8.19. The Hall–Kier alpha value is -2.25. The Morgan fingerprint density at radius 2 is 2.11 bits per heavy atom. The summed E-state index contributed by atoms with van der Waals surface area (Å²) < 4.78 is 0. The molecule has 0 aromatic carbocycles. The molecule has 3 heterocycles. The van der Waals surface area contributed by atoms with Crippen LogP contribution in [0, 0.1) is 0 Å². The van der Waals surface area contributed by atoms with Gasteiger partial charge in [0.05, 0.1) is 11.1 Å². The van der Waals surface area contributed by atoms with Crippen molar-refractivity contribution in [2.45, 2.75) is 44.6 Å². The van der Waals surface area contributed by atoms with Gasteiger partial charge in [0.2, 0.25) is 0 Å². The van der Waals surface area contributed by atoms with E-state index in [0.29, 0.717) is 28.7 Å². The highest BCUT2D eigenvalue weighted by Gasteiger charge is 2.27. The van der Waals surface area contributed by atoms with Gasteiger partial charge in [0.1, 0.15) is 5.00 Å². The number of hydrogen-bond donors (Lipinski definition) is 3. The van der Waals surface area contributed by atoms with E-state index in [-0.39, 0.29) is 11.8 Å². The Bertz CT molecular complexity index is 828. The first-order valence-electron chi connectivity index (χ1n) is 9.60. The maximum absolute atomic E-state index is 13.0. The minimum atomic E-state index is -0.229. The number of pyridine rings is 1. The van der Waals surface area contributed by atoms with Crippen molar-refractivity contribution in [3.05, 3.63) is 46.1 Å². The van der Waals surface area contributed by atoms with Gasteiger partial charge in [-0.1, -0.05) is 0 Å². The fraction of sp³-hybridized carbons (Fsp3) is 0.450. The molecule has 2 aromatic heterocycles. The Kier molecular flexibility index (Phi) is 5.50. The molecule has 2 amide bonds. The van der Waals surface area contributed by atoms with Gasteiger partial charge in [0.25, 0.3) is 11.8 Å². The number of amides is 2. The Balaban J connectivity index is 1.56. The summed E-state index contributed by atoms with van der Waals surface area (Å²) >= 11 is 1.54. The summed E-state index contributed by atoms with van der Waals surface area (Å²) in [5, 5.41) is 10.1.